The van der Waals surface area contributed by atoms with E-state index in [-0.39, 0.29) is 0 Å². The standard InChI is InChI=1S/C22H42N2/c1-4-14-20-18-24(3)23-22(21(20)15-5-2)19-16-12-10-8-6-7-9-11-13-17-19/h19-21H,4-18H2,1-3H3. The fourth-order valence-electron chi connectivity index (χ4n) is 5.04. The highest BCUT2D eigenvalue weighted by Crippen LogP contribution is 2.35. The van der Waals surface area contributed by atoms with E-state index in [1.54, 1.807) is 5.71 Å². The van der Waals surface area contributed by atoms with Gasteiger partial charge in [-0.15, -0.1) is 0 Å². The van der Waals surface area contributed by atoms with Crippen molar-refractivity contribution in [2.45, 2.75) is 104 Å². The molecule has 0 saturated heterocycles. The summed E-state index contributed by atoms with van der Waals surface area (Å²) in [6.07, 6.45) is 19.7. The van der Waals surface area contributed by atoms with E-state index in [0.717, 1.165) is 17.8 Å². The molecule has 2 nitrogen and oxygen atoms in total. The second-order valence-electron chi connectivity index (χ2n) is 8.41. The molecule has 2 rings (SSSR count). The molecule has 0 aromatic rings. The molecule has 1 heterocycles. The summed E-state index contributed by atoms with van der Waals surface area (Å²) in [6, 6.07) is 0. The monoisotopic (exact) mass is 334 g/mol. The molecule has 2 heteroatoms. The van der Waals surface area contributed by atoms with Gasteiger partial charge in [0.2, 0.25) is 0 Å². The number of hydrogen-bond donors (Lipinski definition) is 0. The normalized spacial score (nSPS) is 28.3. The van der Waals surface area contributed by atoms with Gasteiger partial charge in [0.25, 0.3) is 0 Å². The zero-order valence-corrected chi connectivity index (χ0v) is 16.7. The Hall–Kier alpha value is -0.530. The Kier molecular flexibility index (Phi) is 9.20. The van der Waals surface area contributed by atoms with Gasteiger partial charge in [0, 0.05) is 25.2 Å². The summed E-state index contributed by atoms with van der Waals surface area (Å²) < 4.78 is 0. The predicted octanol–water partition coefficient (Wildman–Crippen LogP) is 6.65. The van der Waals surface area contributed by atoms with Crippen molar-refractivity contribution in [1.82, 2.24) is 5.01 Å². The Morgan fingerprint density at radius 3 is 1.92 bits per heavy atom. The minimum Gasteiger partial charge on any atom is -0.300 e. The van der Waals surface area contributed by atoms with Crippen LogP contribution in [0.15, 0.2) is 5.10 Å². The summed E-state index contributed by atoms with van der Waals surface area (Å²) in [4.78, 5) is 0. The molecule has 0 aromatic heterocycles. The minimum absolute atomic E-state index is 0.765. The molecule has 24 heavy (non-hydrogen) atoms. The zero-order chi connectivity index (χ0) is 17.2. The van der Waals surface area contributed by atoms with Gasteiger partial charge in [0.1, 0.15) is 0 Å². The lowest BCUT2D eigenvalue weighted by Crippen LogP contribution is -2.41. The minimum atomic E-state index is 0.765. The van der Waals surface area contributed by atoms with Crippen LogP contribution in [0.25, 0.3) is 0 Å². The summed E-state index contributed by atoms with van der Waals surface area (Å²) in [7, 11) is 2.20. The second kappa shape index (κ2) is 11.2. The first-order chi connectivity index (χ1) is 11.8. The summed E-state index contributed by atoms with van der Waals surface area (Å²) in [5, 5.41) is 7.41. The third-order valence-corrected chi connectivity index (χ3v) is 6.27. The fraction of sp³-hybridized carbons (Fsp3) is 0.955. The lowest BCUT2D eigenvalue weighted by molar-refractivity contribution is 0.202. The highest BCUT2D eigenvalue weighted by molar-refractivity contribution is 5.89. The average Bonchev–Trinajstić information content (AvgIpc) is 2.63. The lowest BCUT2D eigenvalue weighted by atomic mass is 9.74. The van der Waals surface area contributed by atoms with E-state index in [1.165, 1.54) is 96.4 Å². The van der Waals surface area contributed by atoms with Crippen molar-refractivity contribution < 1.29 is 0 Å². The molecule has 2 unspecified atom stereocenters. The smallest absolute Gasteiger partial charge is 0.0445 e. The number of rotatable bonds is 5. The Bertz CT molecular complexity index is 351. The van der Waals surface area contributed by atoms with E-state index >= 15 is 0 Å². The molecular formula is C22H42N2. The second-order valence-corrected chi connectivity index (χ2v) is 8.41. The first-order valence-corrected chi connectivity index (χ1v) is 11.1. The summed E-state index contributed by atoms with van der Waals surface area (Å²) in [6.45, 7) is 5.88. The van der Waals surface area contributed by atoms with Gasteiger partial charge in [0.05, 0.1) is 0 Å². The van der Waals surface area contributed by atoms with Gasteiger partial charge >= 0.3 is 0 Å². The van der Waals surface area contributed by atoms with E-state index < -0.39 is 0 Å². The van der Waals surface area contributed by atoms with Gasteiger partial charge in [-0.25, -0.2) is 0 Å². The van der Waals surface area contributed by atoms with Gasteiger partial charge in [-0.3, -0.25) is 5.01 Å². The molecule has 0 N–H and O–H groups in total. The third-order valence-electron chi connectivity index (χ3n) is 6.27. The Labute approximate surface area is 151 Å². The molecule has 140 valence electrons. The largest absolute Gasteiger partial charge is 0.300 e. The topological polar surface area (TPSA) is 15.6 Å². The molecule has 1 aliphatic carbocycles. The van der Waals surface area contributed by atoms with Crippen molar-refractivity contribution in [2.24, 2.45) is 22.9 Å². The molecule has 0 spiro atoms. The summed E-state index contributed by atoms with van der Waals surface area (Å²) in [5.41, 5.74) is 1.60. The van der Waals surface area contributed by atoms with Crippen LogP contribution in [0.5, 0.6) is 0 Å². The van der Waals surface area contributed by atoms with Crippen molar-refractivity contribution in [3.05, 3.63) is 0 Å². The highest BCUT2D eigenvalue weighted by atomic mass is 15.4. The average molecular weight is 335 g/mol. The van der Waals surface area contributed by atoms with E-state index in [9.17, 15) is 0 Å². The number of hydrazone groups is 1. The predicted molar refractivity (Wildman–Crippen MR) is 107 cm³/mol. The van der Waals surface area contributed by atoms with Gasteiger partial charge in [-0.05, 0) is 37.5 Å². The van der Waals surface area contributed by atoms with Crippen LogP contribution in [0, 0.1) is 17.8 Å². The first-order valence-electron chi connectivity index (χ1n) is 11.1. The molecule has 0 aromatic carbocycles. The molecule has 2 aliphatic rings. The SMILES string of the molecule is CCCC1CN(C)N=C(C2CCCCCCCCCC2)C1CCC. The van der Waals surface area contributed by atoms with Crippen LogP contribution in [0.3, 0.4) is 0 Å². The molecule has 1 aliphatic heterocycles. The van der Waals surface area contributed by atoms with Crippen molar-refractivity contribution in [3.63, 3.8) is 0 Å². The maximum atomic E-state index is 5.14. The molecule has 2 atom stereocenters. The number of nitrogens with zero attached hydrogens (tertiary/aromatic N) is 2. The molecule has 1 fully saturated rings. The zero-order valence-electron chi connectivity index (χ0n) is 16.7. The van der Waals surface area contributed by atoms with Crippen LogP contribution in [0.2, 0.25) is 0 Å². The molecule has 0 amide bonds. The van der Waals surface area contributed by atoms with Crippen LogP contribution in [0.4, 0.5) is 0 Å². The van der Waals surface area contributed by atoms with Crippen LogP contribution in [-0.4, -0.2) is 24.3 Å². The van der Waals surface area contributed by atoms with E-state index in [4.69, 9.17) is 5.10 Å². The molecule has 1 saturated carbocycles. The Morgan fingerprint density at radius 1 is 0.833 bits per heavy atom. The maximum Gasteiger partial charge on any atom is 0.0445 e. The van der Waals surface area contributed by atoms with Crippen LogP contribution in [-0.2, 0) is 0 Å². The van der Waals surface area contributed by atoms with Crippen molar-refractivity contribution in [3.8, 4) is 0 Å². The van der Waals surface area contributed by atoms with Crippen molar-refractivity contribution in [1.29, 1.82) is 0 Å². The van der Waals surface area contributed by atoms with Crippen LogP contribution >= 0.6 is 0 Å². The van der Waals surface area contributed by atoms with E-state index in [1.807, 2.05) is 0 Å². The van der Waals surface area contributed by atoms with E-state index in [0.29, 0.717) is 0 Å². The summed E-state index contributed by atoms with van der Waals surface area (Å²) in [5.74, 6) is 2.37. The van der Waals surface area contributed by atoms with Crippen LogP contribution in [0.1, 0.15) is 104 Å². The third kappa shape index (κ3) is 6.08. The van der Waals surface area contributed by atoms with Crippen molar-refractivity contribution >= 4 is 5.71 Å². The van der Waals surface area contributed by atoms with Crippen LogP contribution < -0.4 is 0 Å². The molecular weight excluding hydrogens is 292 g/mol. The first kappa shape index (κ1) is 19.8. The molecule has 0 radical (unpaired) electrons. The highest BCUT2D eigenvalue weighted by Gasteiger charge is 2.34. The Balaban J connectivity index is 2.11. The van der Waals surface area contributed by atoms with Crippen molar-refractivity contribution in [2.75, 3.05) is 13.6 Å². The maximum absolute atomic E-state index is 5.14. The van der Waals surface area contributed by atoms with Gasteiger partial charge in [-0.1, -0.05) is 78.1 Å². The quantitative estimate of drug-likeness (QED) is 0.549. The van der Waals surface area contributed by atoms with E-state index in [2.05, 4.69) is 25.9 Å². The fourth-order valence-corrected chi connectivity index (χ4v) is 5.04. The molecule has 0 bridgehead atoms. The van der Waals surface area contributed by atoms with Gasteiger partial charge in [-0.2, -0.15) is 5.10 Å². The van der Waals surface area contributed by atoms with Gasteiger partial charge in [0.15, 0.2) is 0 Å². The number of hydrogen-bond acceptors (Lipinski definition) is 2. The van der Waals surface area contributed by atoms with Gasteiger partial charge < -0.3 is 0 Å². The lowest BCUT2D eigenvalue weighted by Gasteiger charge is -2.39. The Morgan fingerprint density at radius 2 is 1.38 bits per heavy atom. The summed E-state index contributed by atoms with van der Waals surface area (Å²) >= 11 is 0.